The molecule has 0 aliphatic rings. The molecule has 0 fully saturated rings. The van der Waals surface area contributed by atoms with E-state index in [1.807, 2.05) is 18.3 Å². The quantitative estimate of drug-likeness (QED) is 0.574. The van der Waals surface area contributed by atoms with Crippen LogP contribution < -0.4 is 0 Å². The number of fused-ring (bicyclic) bond motifs is 1. The number of benzene rings is 2. The molecular weight excluding hydrogens is 268 g/mol. The maximum absolute atomic E-state index is 4.34. The van der Waals surface area contributed by atoms with Gasteiger partial charge in [0.1, 0.15) is 5.65 Å². The van der Waals surface area contributed by atoms with E-state index in [-0.39, 0.29) is 0 Å². The van der Waals surface area contributed by atoms with E-state index >= 15 is 0 Å². The molecule has 0 amide bonds. The Kier molecular flexibility index (Phi) is 3.20. The van der Waals surface area contributed by atoms with Crippen LogP contribution in [0.5, 0.6) is 0 Å². The lowest BCUT2D eigenvalue weighted by Crippen LogP contribution is -1.87. The first-order valence-electron chi connectivity index (χ1n) is 7.45. The fourth-order valence-electron chi connectivity index (χ4n) is 2.82. The summed E-state index contributed by atoms with van der Waals surface area (Å²) in [4.78, 5) is 7.58. The number of pyridine rings is 1. The van der Waals surface area contributed by atoms with Crippen LogP contribution in [0.15, 0.2) is 79.1 Å². The van der Waals surface area contributed by atoms with Crippen molar-refractivity contribution in [1.29, 1.82) is 0 Å². The number of H-pyrrole nitrogens is 1. The fraction of sp³-hybridized carbons (Fsp3) is 0.0500. The second-order valence-corrected chi connectivity index (χ2v) is 5.45. The minimum absolute atomic E-state index is 0.917. The number of rotatable bonds is 3. The predicted molar refractivity (Wildman–Crippen MR) is 90.8 cm³/mol. The lowest BCUT2D eigenvalue weighted by molar-refractivity contribution is 1.21. The molecule has 0 bridgehead atoms. The molecule has 2 heterocycles. The highest BCUT2D eigenvalue weighted by Gasteiger charge is 2.05. The van der Waals surface area contributed by atoms with Crippen LogP contribution in [0.25, 0.3) is 22.2 Å². The third-order valence-corrected chi connectivity index (χ3v) is 3.99. The number of hydrogen-bond donors (Lipinski definition) is 1. The van der Waals surface area contributed by atoms with E-state index in [1.54, 1.807) is 0 Å². The lowest BCUT2D eigenvalue weighted by Gasteiger charge is -2.04. The lowest BCUT2D eigenvalue weighted by atomic mass is 10.0. The van der Waals surface area contributed by atoms with E-state index in [2.05, 4.69) is 70.8 Å². The second kappa shape index (κ2) is 5.49. The topological polar surface area (TPSA) is 28.7 Å². The third kappa shape index (κ3) is 2.40. The van der Waals surface area contributed by atoms with Crippen LogP contribution in [0.1, 0.15) is 11.1 Å². The first kappa shape index (κ1) is 12.8. The van der Waals surface area contributed by atoms with Crippen molar-refractivity contribution < 1.29 is 0 Å². The van der Waals surface area contributed by atoms with E-state index in [0.29, 0.717) is 0 Å². The van der Waals surface area contributed by atoms with Gasteiger partial charge in [-0.1, -0.05) is 54.6 Å². The van der Waals surface area contributed by atoms with Crippen molar-refractivity contribution >= 4 is 11.0 Å². The zero-order chi connectivity index (χ0) is 14.8. The highest BCUT2D eigenvalue weighted by Crippen LogP contribution is 2.22. The first-order chi connectivity index (χ1) is 10.9. The van der Waals surface area contributed by atoms with Crippen molar-refractivity contribution in [1.82, 2.24) is 9.97 Å². The van der Waals surface area contributed by atoms with Gasteiger partial charge in [-0.15, -0.1) is 0 Å². The van der Waals surface area contributed by atoms with E-state index in [9.17, 15) is 0 Å². The molecule has 0 unspecified atom stereocenters. The van der Waals surface area contributed by atoms with Gasteiger partial charge in [0.2, 0.25) is 0 Å². The van der Waals surface area contributed by atoms with Crippen LogP contribution in [0.4, 0.5) is 0 Å². The Morgan fingerprint density at radius 1 is 0.773 bits per heavy atom. The number of aromatic amines is 1. The Balaban J connectivity index is 1.61. The summed E-state index contributed by atoms with van der Waals surface area (Å²) in [6.45, 7) is 0. The molecule has 4 rings (SSSR count). The Morgan fingerprint density at radius 2 is 1.55 bits per heavy atom. The number of nitrogens with zero attached hydrogens (tertiary/aromatic N) is 1. The predicted octanol–water partition coefficient (Wildman–Crippen LogP) is 4.82. The Hall–Kier alpha value is -2.87. The maximum atomic E-state index is 4.34. The minimum atomic E-state index is 0.917. The average molecular weight is 284 g/mol. The van der Waals surface area contributed by atoms with Crippen molar-refractivity contribution in [2.75, 3.05) is 0 Å². The number of hydrogen-bond acceptors (Lipinski definition) is 1. The highest BCUT2D eigenvalue weighted by molar-refractivity contribution is 5.79. The van der Waals surface area contributed by atoms with E-state index in [1.165, 1.54) is 27.6 Å². The van der Waals surface area contributed by atoms with Crippen LogP contribution in [-0.2, 0) is 6.42 Å². The summed E-state index contributed by atoms with van der Waals surface area (Å²) in [6.07, 6.45) is 4.79. The molecule has 2 aromatic carbocycles. The molecular formula is C20H16N2. The minimum Gasteiger partial charge on any atom is -0.346 e. The summed E-state index contributed by atoms with van der Waals surface area (Å²) in [7, 11) is 0. The van der Waals surface area contributed by atoms with Gasteiger partial charge in [0.25, 0.3) is 0 Å². The average Bonchev–Trinajstić information content (AvgIpc) is 3.00. The van der Waals surface area contributed by atoms with Gasteiger partial charge < -0.3 is 4.98 Å². The molecule has 0 aliphatic carbocycles. The smallest absolute Gasteiger partial charge is 0.137 e. The summed E-state index contributed by atoms with van der Waals surface area (Å²) in [5, 5.41) is 1.20. The van der Waals surface area contributed by atoms with Gasteiger partial charge in [-0.05, 0) is 40.8 Å². The normalized spacial score (nSPS) is 10.9. The fourth-order valence-corrected chi connectivity index (χ4v) is 2.82. The molecule has 4 aromatic rings. The zero-order valence-electron chi connectivity index (χ0n) is 12.2. The summed E-state index contributed by atoms with van der Waals surface area (Å²) >= 11 is 0. The molecule has 0 saturated carbocycles. The van der Waals surface area contributed by atoms with Crippen LogP contribution in [0.2, 0.25) is 0 Å². The van der Waals surface area contributed by atoms with Gasteiger partial charge in [0.15, 0.2) is 0 Å². The zero-order valence-corrected chi connectivity index (χ0v) is 12.2. The summed E-state index contributed by atoms with van der Waals surface area (Å²) in [5.74, 6) is 0. The van der Waals surface area contributed by atoms with Crippen LogP contribution >= 0.6 is 0 Å². The number of aromatic nitrogens is 2. The van der Waals surface area contributed by atoms with E-state index in [4.69, 9.17) is 0 Å². The van der Waals surface area contributed by atoms with Crippen LogP contribution in [0, 0.1) is 0 Å². The molecule has 106 valence electrons. The molecule has 0 aliphatic heterocycles. The molecule has 1 N–H and O–H groups in total. The van der Waals surface area contributed by atoms with Gasteiger partial charge in [0.05, 0.1) is 0 Å². The summed E-state index contributed by atoms with van der Waals surface area (Å²) < 4.78 is 0. The van der Waals surface area contributed by atoms with Crippen molar-refractivity contribution in [2.45, 2.75) is 6.42 Å². The Labute approximate surface area is 129 Å². The van der Waals surface area contributed by atoms with Gasteiger partial charge in [0, 0.05) is 17.8 Å². The monoisotopic (exact) mass is 284 g/mol. The van der Waals surface area contributed by atoms with Crippen molar-refractivity contribution in [2.24, 2.45) is 0 Å². The SMILES string of the molecule is c1ccc(-c2ccc(Cc3c[nH]c4ncccc34)cc2)cc1. The second-order valence-electron chi connectivity index (χ2n) is 5.45. The molecule has 2 aromatic heterocycles. The maximum Gasteiger partial charge on any atom is 0.137 e. The van der Waals surface area contributed by atoms with E-state index < -0.39 is 0 Å². The first-order valence-corrected chi connectivity index (χ1v) is 7.45. The molecule has 0 saturated heterocycles. The summed E-state index contributed by atoms with van der Waals surface area (Å²) in [5.41, 5.74) is 6.06. The molecule has 0 atom stereocenters. The van der Waals surface area contributed by atoms with Gasteiger partial charge in [-0.2, -0.15) is 0 Å². The van der Waals surface area contributed by atoms with Crippen LogP contribution in [-0.4, -0.2) is 9.97 Å². The van der Waals surface area contributed by atoms with E-state index in [0.717, 1.165) is 12.1 Å². The molecule has 22 heavy (non-hydrogen) atoms. The molecule has 0 radical (unpaired) electrons. The van der Waals surface area contributed by atoms with Crippen molar-refractivity contribution in [3.63, 3.8) is 0 Å². The van der Waals surface area contributed by atoms with Crippen LogP contribution in [0.3, 0.4) is 0 Å². The van der Waals surface area contributed by atoms with Crippen molar-refractivity contribution in [3.05, 3.63) is 90.3 Å². The van der Waals surface area contributed by atoms with Crippen molar-refractivity contribution in [3.8, 4) is 11.1 Å². The standard InChI is InChI=1S/C20H16N2/c1-2-5-16(6-3-1)17-10-8-15(9-11-17)13-18-14-22-20-19(18)7-4-12-21-20/h1-12,14H,13H2,(H,21,22). The Morgan fingerprint density at radius 3 is 2.36 bits per heavy atom. The third-order valence-electron chi connectivity index (χ3n) is 3.99. The Bertz CT molecular complexity index is 890. The van der Waals surface area contributed by atoms with Gasteiger partial charge in [-0.25, -0.2) is 4.98 Å². The van der Waals surface area contributed by atoms with Gasteiger partial charge in [-0.3, -0.25) is 0 Å². The molecule has 2 heteroatoms. The largest absolute Gasteiger partial charge is 0.346 e. The number of nitrogens with one attached hydrogen (secondary N) is 1. The molecule has 2 nitrogen and oxygen atoms in total. The van der Waals surface area contributed by atoms with Gasteiger partial charge >= 0.3 is 0 Å². The molecule has 0 spiro atoms. The summed E-state index contributed by atoms with van der Waals surface area (Å²) in [6, 6.07) is 23.4. The highest BCUT2D eigenvalue weighted by atomic mass is 14.8.